The van der Waals surface area contributed by atoms with Crippen LogP contribution in [0, 0.1) is 0 Å². The molecule has 0 saturated carbocycles. The van der Waals surface area contributed by atoms with E-state index in [1.54, 1.807) is 18.2 Å². The molecule has 0 aliphatic rings. The standard InChI is InChI=1S/C26H22ClF8NO2/c1-2-17-12-21(9-10-22(17)27)38-20-8-4-7-19(13-20)36(15-23(37)25(30,31)32)14-16-5-3-6-18(11-16)24(28,29)26(33,34)35/h3-13,23,37H,2,14-15H2,1H3/t23-/m1/s1. The van der Waals surface area contributed by atoms with Crippen LogP contribution in [0.3, 0.4) is 0 Å². The molecular weight excluding hydrogens is 546 g/mol. The van der Waals surface area contributed by atoms with Crippen molar-refractivity contribution in [1.29, 1.82) is 0 Å². The fourth-order valence-corrected chi connectivity index (χ4v) is 3.84. The maximum atomic E-state index is 13.9. The van der Waals surface area contributed by atoms with E-state index in [9.17, 15) is 40.2 Å². The molecule has 1 N–H and O–H groups in total. The van der Waals surface area contributed by atoms with Crippen LogP contribution < -0.4 is 9.64 Å². The molecule has 0 heterocycles. The van der Waals surface area contributed by atoms with E-state index in [0.717, 1.165) is 16.5 Å². The average Bonchev–Trinajstić information content (AvgIpc) is 2.84. The Morgan fingerprint density at radius 3 is 2.16 bits per heavy atom. The molecule has 1 atom stereocenters. The molecular formula is C26H22ClF8NO2. The summed E-state index contributed by atoms with van der Waals surface area (Å²) < 4.78 is 111. The normalized spacial score (nSPS) is 13.3. The maximum Gasteiger partial charge on any atom is 0.458 e. The zero-order valence-corrected chi connectivity index (χ0v) is 20.5. The summed E-state index contributed by atoms with van der Waals surface area (Å²) in [5.74, 6) is -4.56. The van der Waals surface area contributed by atoms with E-state index in [2.05, 4.69) is 0 Å². The van der Waals surface area contributed by atoms with E-state index in [1.165, 1.54) is 30.3 Å². The summed E-state index contributed by atoms with van der Waals surface area (Å²) in [4.78, 5) is 1.01. The molecule has 3 rings (SSSR count). The average molecular weight is 568 g/mol. The van der Waals surface area contributed by atoms with E-state index < -0.39 is 43.0 Å². The minimum Gasteiger partial charge on any atom is -0.457 e. The smallest absolute Gasteiger partial charge is 0.457 e. The van der Waals surface area contributed by atoms with Gasteiger partial charge in [-0.1, -0.05) is 42.8 Å². The van der Waals surface area contributed by atoms with Gasteiger partial charge < -0.3 is 14.7 Å². The van der Waals surface area contributed by atoms with Gasteiger partial charge in [0.25, 0.3) is 0 Å². The molecule has 0 amide bonds. The van der Waals surface area contributed by atoms with Gasteiger partial charge in [0.1, 0.15) is 11.5 Å². The Balaban J connectivity index is 1.94. The number of hydrogen-bond donors (Lipinski definition) is 1. The molecule has 38 heavy (non-hydrogen) atoms. The lowest BCUT2D eigenvalue weighted by Crippen LogP contribution is -2.41. The molecule has 0 saturated heterocycles. The first-order valence-electron chi connectivity index (χ1n) is 11.2. The number of alkyl halides is 8. The van der Waals surface area contributed by atoms with Crippen LogP contribution >= 0.6 is 11.6 Å². The number of nitrogens with zero attached hydrogens (tertiary/aromatic N) is 1. The van der Waals surface area contributed by atoms with Gasteiger partial charge in [0.05, 0.1) is 6.54 Å². The molecule has 3 aromatic rings. The van der Waals surface area contributed by atoms with Crippen LogP contribution in [-0.2, 0) is 18.9 Å². The Morgan fingerprint density at radius 2 is 1.53 bits per heavy atom. The summed E-state index contributed by atoms with van der Waals surface area (Å²) in [6, 6.07) is 13.9. The molecule has 0 unspecified atom stereocenters. The first-order valence-corrected chi connectivity index (χ1v) is 11.6. The van der Waals surface area contributed by atoms with Gasteiger partial charge in [0.15, 0.2) is 6.10 Å². The van der Waals surface area contributed by atoms with Crippen molar-refractivity contribution in [3.05, 3.63) is 88.4 Å². The molecule has 206 valence electrons. The topological polar surface area (TPSA) is 32.7 Å². The second-order valence-corrected chi connectivity index (χ2v) is 8.82. The molecule has 0 fully saturated rings. The number of halogens is 9. The van der Waals surface area contributed by atoms with E-state index in [-0.39, 0.29) is 17.0 Å². The first-order chi connectivity index (χ1) is 17.6. The molecule has 12 heteroatoms. The fraction of sp³-hybridized carbons (Fsp3) is 0.308. The van der Waals surface area contributed by atoms with Crippen molar-refractivity contribution < 1.29 is 45.0 Å². The quantitative estimate of drug-likeness (QED) is 0.264. The Labute approximate surface area is 218 Å². The third-order valence-electron chi connectivity index (χ3n) is 5.61. The van der Waals surface area contributed by atoms with Crippen LogP contribution in [0.15, 0.2) is 66.7 Å². The highest BCUT2D eigenvalue weighted by molar-refractivity contribution is 6.31. The van der Waals surface area contributed by atoms with Crippen molar-refractivity contribution in [3.8, 4) is 11.5 Å². The Hall–Kier alpha value is -3.05. The summed E-state index contributed by atoms with van der Waals surface area (Å²) in [6.45, 7) is 0.349. The Kier molecular flexibility index (Phi) is 8.82. The van der Waals surface area contributed by atoms with Crippen LogP contribution in [0.1, 0.15) is 23.6 Å². The lowest BCUT2D eigenvalue weighted by molar-refractivity contribution is -0.289. The number of hydrogen-bond acceptors (Lipinski definition) is 3. The number of ether oxygens (including phenoxy) is 1. The van der Waals surface area contributed by atoms with Gasteiger partial charge in [0, 0.05) is 28.9 Å². The minimum atomic E-state index is -5.86. The third-order valence-corrected chi connectivity index (χ3v) is 5.98. The van der Waals surface area contributed by atoms with Gasteiger partial charge in [-0.15, -0.1) is 0 Å². The summed E-state index contributed by atoms with van der Waals surface area (Å²) in [5, 5.41) is 10.2. The highest BCUT2D eigenvalue weighted by Crippen LogP contribution is 2.44. The zero-order valence-electron chi connectivity index (χ0n) is 19.8. The van der Waals surface area contributed by atoms with Crippen molar-refractivity contribution in [1.82, 2.24) is 0 Å². The second kappa shape index (κ2) is 11.4. The van der Waals surface area contributed by atoms with E-state index in [1.807, 2.05) is 6.92 Å². The number of aryl methyl sites for hydroxylation is 1. The highest BCUT2D eigenvalue weighted by atomic mass is 35.5. The number of benzene rings is 3. The molecule has 0 aliphatic carbocycles. The van der Waals surface area contributed by atoms with Crippen molar-refractivity contribution in [2.24, 2.45) is 0 Å². The van der Waals surface area contributed by atoms with Gasteiger partial charge >= 0.3 is 18.3 Å². The van der Waals surface area contributed by atoms with Crippen LogP contribution in [0.5, 0.6) is 11.5 Å². The van der Waals surface area contributed by atoms with Gasteiger partial charge in [-0.25, -0.2) is 0 Å². The van der Waals surface area contributed by atoms with Crippen molar-refractivity contribution >= 4 is 17.3 Å². The van der Waals surface area contributed by atoms with E-state index >= 15 is 0 Å². The predicted octanol–water partition coefficient (Wildman–Crippen LogP) is 8.28. The number of rotatable bonds is 9. The van der Waals surface area contributed by atoms with Gasteiger partial charge in [-0.05, 0) is 53.9 Å². The molecule has 0 aromatic heterocycles. The Morgan fingerprint density at radius 1 is 0.868 bits per heavy atom. The lowest BCUT2D eigenvalue weighted by atomic mass is 10.0. The van der Waals surface area contributed by atoms with Crippen molar-refractivity contribution in [2.75, 3.05) is 11.4 Å². The molecule has 3 nitrogen and oxygen atoms in total. The zero-order chi connectivity index (χ0) is 28.3. The van der Waals surface area contributed by atoms with E-state index in [0.29, 0.717) is 29.3 Å². The van der Waals surface area contributed by atoms with Crippen LogP contribution in [0.4, 0.5) is 40.8 Å². The second-order valence-electron chi connectivity index (χ2n) is 8.42. The van der Waals surface area contributed by atoms with Crippen molar-refractivity contribution in [2.45, 2.75) is 44.3 Å². The maximum absolute atomic E-state index is 13.9. The van der Waals surface area contributed by atoms with E-state index in [4.69, 9.17) is 16.3 Å². The SMILES string of the molecule is CCc1cc(Oc2cccc(N(Cc3cccc(C(F)(F)C(F)(F)F)c3)C[C@@H](O)C(F)(F)F)c2)ccc1Cl. The van der Waals surface area contributed by atoms with Crippen molar-refractivity contribution in [3.63, 3.8) is 0 Å². The number of anilines is 1. The first kappa shape index (κ1) is 29.5. The summed E-state index contributed by atoms with van der Waals surface area (Å²) >= 11 is 6.11. The molecule has 0 bridgehead atoms. The molecule has 0 radical (unpaired) electrons. The van der Waals surface area contributed by atoms with Crippen LogP contribution in [-0.4, -0.2) is 30.1 Å². The molecule has 0 aliphatic heterocycles. The fourth-order valence-electron chi connectivity index (χ4n) is 3.59. The predicted molar refractivity (Wildman–Crippen MR) is 127 cm³/mol. The summed E-state index contributed by atoms with van der Waals surface area (Å²) in [6.07, 6.45) is -13.1. The number of aliphatic hydroxyl groups excluding tert-OH is 1. The summed E-state index contributed by atoms with van der Waals surface area (Å²) in [5.41, 5.74) is -0.586. The molecule has 3 aromatic carbocycles. The summed E-state index contributed by atoms with van der Waals surface area (Å²) in [7, 11) is 0. The van der Waals surface area contributed by atoms with Gasteiger partial charge in [0.2, 0.25) is 0 Å². The highest BCUT2D eigenvalue weighted by Gasteiger charge is 2.58. The lowest BCUT2D eigenvalue weighted by Gasteiger charge is -2.29. The third kappa shape index (κ3) is 7.08. The van der Waals surface area contributed by atoms with Gasteiger partial charge in [-0.2, -0.15) is 35.1 Å². The minimum absolute atomic E-state index is 0.100. The Bertz CT molecular complexity index is 1250. The van der Waals surface area contributed by atoms with Crippen LogP contribution in [0.2, 0.25) is 5.02 Å². The largest absolute Gasteiger partial charge is 0.458 e. The van der Waals surface area contributed by atoms with Crippen LogP contribution in [0.25, 0.3) is 0 Å². The number of aliphatic hydroxyl groups is 1. The monoisotopic (exact) mass is 567 g/mol. The molecule has 0 spiro atoms. The van der Waals surface area contributed by atoms with Gasteiger partial charge in [-0.3, -0.25) is 0 Å².